The molecule has 3 nitrogen and oxygen atoms in total. The van der Waals surface area contributed by atoms with Crippen LogP contribution in [0.3, 0.4) is 0 Å². The van der Waals surface area contributed by atoms with Crippen molar-refractivity contribution < 1.29 is 4.74 Å². The Balaban J connectivity index is 2.37. The lowest BCUT2D eigenvalue weighted by Crippen LogP contribution is -1.92. The Labute approximate surface area is 115 Å². The second-order valence-electron chi connectivity index (χ2n) is 3.46. The number of aliphatic imine (C=N–C) groups is 1. The highest BCUT2D eigenvalue weighted by Gasteiger charge is 2.07. The molecule has 1 heterocycles. The van der Waals surface area contributed by atoms with Gasteiger partial charge in [-0.15, -0.1) is 0 Å². The Bertz CT molecular complexity index is 571. The fraction of sp³-hybridized carbons (Fsp3) is 0.0769. The fourth-order valence-electron chi connectivity index (χ4n) is 1.46. The van der Waals surface area contributed by atoms with Crippen molar-refractivity contribution in [3.63, 3.8) is 0 Å². The molecule has 0 aliphatic heterocycles. The Kier molecular flexibility index (Phi) is 4.18. The van der Waals surface area contributed by atoms with Crippen LogP contribution < -0.4 is 4.74 Å². The van der Waals surface area contributed by atoms with Crippen molar-refractivity contribution in [2.45, 2.75) is 0 Å². The minimum atomic E-state index is 0.451. The number of nitrogens with zero attached hydrogens (tertiary/aromatic N) is 2. The second-order valence-corrected chi connectivity index (χ2v) is 4.30. The minimum Gasteiger partial charge on any atom is -0.495 e. The topological polar surface area (TPSA) is 34.5 Å². The first-order valence-electron chi connectivity index (χ1n) is 5.19. The smallest absolute Gasteiger partial charge is 0.151 e. The van der Waals surface area contributed by atoms with Gasteiger partial charge in [0.1, 0.15) is 5.75 Å². The van der Waals surface area contributed by atoms with Crippen LogP contribution >= 0.6 is 23.2 Å². The fourth-order valence-corrected chi connectivity index (χ4v) is 2.04. The molecule has 0 N–H and O–H groups in total. The summed E-state index contributed by atoms with van der Waals surface area (Å²) in [7, 11) is 1.55. The highest BCUT2D eigenvalue weighted by atomic mass is 35.5. The summed E-state index contributed by atoms with van der Waals surface area (Å²) in [5.74, 6) is 1.15. The number of hydrogen-bond donors (Lipinski definition) is 0. The van der Waals surface area contributed by atoms with Crippen molar-refractivity contribution in [3.05, 3.63) is 52.1 Å². The van der Waals surface area contributed by atoms with E-state index in [9.17, 15) is 0 Å². The van der Waals surface area contributed by atoms with E-state index in [1.54, 1.807) is 37.7 Å². The summed E-state index contributed by atoms with van der Waals surface area (Å²) in [5.41, 5.74) is 0.709. The monoisotopic (exact) mass is 280 g/mol. The maximum absolute atomic E-state index is 6.03. The summed E-state index contributed by atoms with van der Waals surface area (Å²) in [6.45, 7) is 0. The third-order valence-corrected chi connectivity index (χ3v) is 2.73. The molecule has 0 unspecified atom stereocenters. The van der Waals surface area contributed by atoms with Crippen molar-refractivity contribution in [1.82, 2.24) is 4.98 Å². The van der Waals surface area contributed by atoms with Crippen LogP contribution in [-0.4, -0.2) is 18.3 Å². The predicted octanol–water partition coefficient (Wildman–Crippen LogP) is 4.15. The lowest BCUT2D eigenvalue weighted by atomic mass is 10.2. The van der Waals surface area contributed by atoms with Gasteiger partial charge in [0.05, 0.1) is 12.1 Å². The predicted molar refractivity (Wildman–Crippen MR) is 74.5 cm³/mol. The van der Waals surface area contributed by atoms with Crippen LogP contribution in [0, 0.1) is 0 Å². The van der Waals surface area contributed by atoms with Gasteiger partial charge in [0.2, 0.25) is 0 Å². The summed E-state index contributed by atoms with van der Waals surface area (Å²) in [5, 5.41) is 0.982. The van der Waals surface area contributed by atoms with Crippen molar-refractivity contribution in [2.24, 2.45) is 4.99 Å². The average molecular weight is 281 g/mol. The highest BCUT2D eigenvalue weighted by molar-refractivity contribution is 6.36. The van der Waals surface area contributed by atoms with Crippen LogP contribution in [0.5, 0.6) is 5.75 Å². The van der Waals surface area contributed by atoms with Gasteiger partial charge in [0.15, 0.2) is 5.82 Å². The SMILES string of the molecule is COc1c(Cl)cc(Cl)cc1C=Nc1ccccn1. The number of halogens is 2. The molecule has 1 aromatic heterocycles. The number of ether oxygens (including phenoxy) is 1. The van der Waals surface area contributed by atoms with Gasteiger partial charge in [-0.1, -0.05) is 29.3 Å². The quantitative estimate of drug-likeness (QED) is 0.792. The van der Waals surface area contributed by atoms with E-state index in [0.29, 0.717) is 27.2 Å². The van der Waals surface area contributed by atoms with E-state index >= 15 is 0 Å². The van der Waals surface area contributed by atoms with Gasteiger partial charge in [-0.2, -0.15) is 0 Å². The lowest BCUT2D eigenvalue weighted by Gasteiger charge is -2.07. The van der Waals surface area contributed by atoms with Crippen molar-refractivity contribution in [2.75, 3.05) is 7.11 Å². The number of benzene rings is 1. The average Bonchev–Trinajstić information content (AvgIpc) is 2.37. The zero-order valence-corrected chi connectivity index (χ0v) is 11.1. The van der Waals surface area contributed by atoms with Crippen LogP contribution in [0.15, 0.2) is 41.5 Å². The molecule has 92 valence electrons. The van der Waals surface area contributed by atoms with E-state index < -0.39 is 0 Å². The normalized spacial score (nSPS) is 10.8. The first kappa shape index (κ1) is 12.9. The van der Waals surface area contributed by atoms with E-state index in [1.807, 2.05) is 12.1 Å². The van der Waals surface area contributed by atoms with Gasteiger partial charge in [0, 0.05) is 23.0 Å². The number of rotatable bonds is 3. The number of pyridine rings is 1. The maximum atomic E-state index is 6.03. The van der Waals surface area contributed by atoms with Crippen LogP contribution in [0.2, 0.25) is 10.0 Å². The van der Waals surface area contributed by atoms with Crippen LogP contribution in [0.1, 0.15) is 5.56 Å². The molecule has 2 rings (SSSR count). The summed E-state index contributed by atoms with van der Waals surface area (Å²) < 4.78 is 5.22. The molecule has 5 heteroatoms. The molecule has 2 aromatic rings. The number of aromatic nitrogens is 1. The highest BCUT2D eigenvalue weighted by Crippen LogP contribution is 2.31. The van der Waals surface area contributed by atoms with Gasteiger partial charge < -0.3 is 4.74 Å². The molecule has 0 radical (unpaired) electrons. The molecule has 0 fully saturated rings. The van der Waals surface area contributed by atoms with E-state index in [2.05, 4.69) is 9.98 Å². The molecular weight excluding hydrogens is 271 g/mol. The van der Waals surface area contributed by atoms with Crippen LogP contribution in [0.25, 0.3) is 0 Å². The van der Waals surface area contributed by atoms with Crippen molar-refractivity contribution in [3.8, 4) is 5.75 Å². The Hall–Kier alpha value is -1.58. The van der Waals surface area contributed by atoms with Gasteiger partial charge in [-0.05, 0) is 24.3 Å². The summed E-state index contributed by atoms with van der Waals surface area (Å²) in [4.78, 5) is 8.32. The molecule has 0 atom stereocenters. The van der Waals surface area contributed by atoms with Gasteiger partial charge in [-0.3, -0.25) is 0 Å². The Morgan fingerprint density at radius 1 is 1.28 bits per heavy atom. The Morgan fingerprint density at radius 3 is 2.78 bits per heavy atom. The van der Waals surface area contributed by atoms with Crippen molar-refractivity contribution >= 4 is 35.2 Å². The Morgan fingerprint density at radius 2 is 2.11 bits per heavy atom. The molecule has 0 saturated carbocycles. The number of hydrogen-bond acceptors (Lipinski definition) is 3. The van der Waals surface area contributed by atoms with E-state index in [0.717, 1.165) is 0 Å². The van der Waals surface area contributed by atoms with Crippen LogP contribution in [0.4, 0.5) is 5.82 Å². The first-order chi connectivity index (χ1) is 8.70. The zero-order valence-electron chi connectivity index (χ0n) is 9.60. The van der Waals surface area contributed by atoms with Crippen molar-refractivity contribution in [1.29, 1.82) is 0 Å². The molecule has 0 amide bonds. The van der Waals surface area contributed by atoms with Gasteiger partial charge in [0.25, 0.3) is 0 Å². The lowest BCUT2D eigenvalue weighted by molar-refractivity contribution is 0.414. The molecule has 18 heavy (non-hydrogen) atoms. The molecule has 0 saturated heterocycles. The zero-order chi connectivity index (χ0) is 13.0. The third-order valence-electron chi connectivity index (χ3n) is 2.23. The molecule has 0 spiro atoms. The van der Waals surface area contributed by atoms with Gasteiger partial charge in [-0.25, -0.2) is 9.98 Å². The first-order valence-corrected chi connectivity index (χ1v) is 5.94. The molecule has 0 bridgehead atoms. The summed E-state index contributed by atoms with van der Waals surface area (Å²) in [6.07, 6.45) is 3.30. The molecule has 0 aliphatic carbocycles. The number of methoxy groups -OCH3 is 1. The maximum Gasteiger partial charge on any atom is 0.151 e. The van der Waals surface area contributed by atoms with E-state index in [1.165, 1.54) is 0 Å². The minimum absolute atomic E-state index is 0.451. The molecular formula is C13H10Cl2N2O. The standard InChI is InChI=1S/C13H10Cl2N2O/c1-18-13-9(6-10(14)7-11(13)15)8-17-12-4-2-3-5-16-12/h2-8H,1H3. The third kappa shape index (κ3) is 3.00. The molecule has 0 aliphatic rings. The largest absolute Gasteiger partial charge is 0.495 e. The molecule has 1 aromatic carbocycles. The summed E-state index contributed by atoms with van der Waals surface area (Å²) >= 11 is 12.0. The van der Waals surface area contributed by atoms with Gasteiger partial charge >= 0.3 is 0 Å². The van der Waals surface area contributed by atoms with E-state index in [4.69, 9.17) is 27.9 Å². The van der Waals surface area contributed by atoms with Crippen LogP contribution in [-0.2, 0) is 0 Å². The second kappa shape index (κ2) is 5.85. The van der Waals surface area contributed by atoms with E-state index in [-0.39, 0.29) is 0 Å². The summed E-state index contributed by atoms with van der Waals surface area (Å²) in [6, 6.07) is 8.85.